The number of piperidine rings is 1. The first-order valence-corrected chi connectivity index (χ1v) is 11.7. The Morgan fingerprint density at radius 3 is 2.61 bits per heavy atom. The number of ether oxygens (including phenoxy) is 3. The fourth-order valence-electron chi connectivity index (χ4n) is 3.20. The van der Waals surface area contributed by atoms with Crippen LogP contribution in [0.1, 0.15) is 39.5 Å². The van der Waals surface area contributed by atoms with Gasteiger partial charge in [0.15, 0.2) is 0 Å². The zero-order chi connectivity index (χ0) is 22.6. The number of rotatable bonds is 6. The highest BCUT2D eigenvalue weighted by Gasteiger charge is 2.27. The van der Waals surface area contributed by atoms with E-state index >= 15 is 0 Å². The summed E-state index contributed by atoms with van der Waals surface area (Å²) in [4.78, 5) is 18.8. The largest absolute Gasteiger partial charge is 0.495 e. The molecule has 0 radical (unpaired) electrons. The van der Waals surface area contributed by atoms with E-state index in [0.717, 1.165) is 0 Å². The highest BCUT2D eigenvalue weighted by atomic mass is 32.2. The zero-order valence-electron chi connectivity index (χ0n) is 18.5. The van der Waals surface area contributed by atoms with Crippen LogP contribution in [0.4, 0.5) is 4.79 Å². The van der Waals surface area contributed by atoms with Crippen molar-refractivity contribution in [1.82, 2.24) is 15.0 Å². The number of hydrogen-bond acceptors (Lipinski definition) is 8. The molecule has 2 heterocycles. The molecule has 1 aliphatic heterocycles. The van der Waals surface area contributed by atoms with Gasteiger partial charge >= 0.3 is 6.09 Å². The van der Waals surface area contributed by atoms with Crippen LogP contribution in [0.5, 0.6) is 5.75 Å². The van der Waals surface area contributed by atoms with Crippen molar-refractivity contribution in [2.24, 2.45) is 0 Å². The molecule has 2 aromatic rings. The molecule has 1 saturated heterocycles. The highest BCUT2D eigenvalue weighted by molar-refractivity contribution is 7.84. The Labute approximate surface area is 184 Å². The first-order valence-electron chi connectivity index (χ1n) is 10.1. The smallest absolute Gasteiger partial charge is 0.410 e. The minimum absolute atomic E-state index is 0.00736. The Bertz CT molecular complexity index is 931. The molecular formula is C21H29N3O6S. The van der Waals surface area contributed by atoms with Gasteiger partial charge in [0.25, 0.3) is 5.89 Å². The van der Waals surface area contributed by atoms with E-state index < -0.39 is 16.4 Å². The number of carbonyl (C=O) groups is 1. The van der Waals surface area contributed by atoms with E-state index in [1.54, 1.807) is 29.4 Å². The molecule has 3 rings (SSSR count). The molecule has 10 heteroatoms. The van der Waals surface area contributed by atoms with Gasteiger partial charge in [-0.3, -0.25) is 4.21 Å². The van der Waals surface area contributed by atoms with Gasteiger partial charge in [-0.15, -0.1) is 0 Å². The van der Waals surface area contributed by atoms with Crippen molar-refractivity contribution in [2.45, 2.75) is 56.8 Å². The van der Waals surface area contributed by atoms with Gasteiger partial charge in [-0.25, -0.2) is 4.79 Å². The van der Waals surface area contributed by atoms with E-state index in [-0.39, 0.29) is 18.8 Å². The van der Waals surface area contributed by atoms with E-state index in [0.29, 0.717) is 53.9 Å². The predicted molar refractivity (Wildman–Crippen MR) is 114 cm³/mol. The molecule has 1 aliphatic rings. The maximum atomic E-state index is 12.1. The van der Waals surface area contributed by atoms with Crippen molar-refractivity contribution in [3.8, 4) is 17.1 Å². The van der Waals surface area contributed by atoms with Crippen molar-refractivity contribution in [2.75, 3.05) is 26.5 Å². The topological polar surface area (TPSA) is 104 Å². The molecule has 9 nitrogen and oxygen atoms in total. The van der Waals surface area contributed by atoms with Crippen LogP contribution in [-0.4, -0.2) is 63.5 Å². The molecule has 1 fully saturated rings. The molecule has 31 heavy (non-hydrogen) atoms. The number of carbonyl (C=O) groups excluding carboxylic acids is 1. The van der Waals surface area contributed by atoms with Gasteiger partial charge in [0.1, 0.15) is 18.0 Å². The van der Waals surface area contributed by atoms with Crippen LogP contribution >= 0.6 is 0 Å². The lowest BCUT2D eigenvalue weighted by Gasteiger charge is -2.33. The molecule has 0 spiro atoms. The van der Waals surface area contributed by atoms with Crippen LogP contribution < -0.4 is 4.74 Å². The van der Waals surface area contributed by atoms with Crippen molar-refractivity contribution >= 4 is 16.9 Å². The number of aromatic nitrogens is 2. The number of nitrogens with zero attached hydrogens (tertiary/aromatic N) is 3. The van der Waals surface area contributed by atoms with Crippen LogP contribution in [0.25, 0.3) is 11.4 Å². The van der Waals surface area contributed by atoms with Crippen molar-refractivity contribution in [3.63, 3.8) is 0 Å². The lowest BCUT2D eigenvalue weighted by molar-refractivity contribution is -0.0231. The van der Waals surface area contributed by atoms with Crippen molar-refractivity contribution in [3.05, 3.63) is 24.1 Å². The number of benzene rings is 1. The third-order valence-corrected chi connectivity index (χ3v) is 5.69. The monoisotopic (exact) mass is 451 g/mol. The van der Waals surface area contributed by atoms with Crippen LogP contribution in [-0.2, 0) is 26.9 Å². The minimum atomic E-state index is -1.16. The van der Waals surface area contributed by atoms with Crippen molar-refractivity contribution in [1.29, 1.82) is 0 Å². The van der Waals surface area contributed by atoms with Gasteiger partial charge in [0.2, 0.25) is 5.82 Å². The summed E-state index contributed by atoms with van der Waals surface area (Å²) >= 11 is 0. The third kappa shape index (κ3) is 6.27. The second-order valence-corrected chi connectivity index (χ2v) is 9.66. The molecule has 0 N–H and O–H groups in total. The summed E-state index contributed by atoms with van der Waals surface area (Å²) in [5.41, 5.74) is 0.199. The second kappa shape index (κ2) is 9.78. The second-order valence-electron chi connectivity index (χ2n) is 8.31. The van der Waals surface area contributed by atoms with Gasteiger partial charge in [-0.05, 0) is 51.8 Å². The van der Waals surface area contributed by atoms with E-state index in [4.69, 9.17) is 18.7 Å². The van der Waals surface area contributed by atoms with E-state index in [1.165, 1.54) is 7.11 Å². The Morgan fingerprint density at radius 1 is 1.29 bits per heavy atom. The summed E-state index contributed by atoms with van der Waals surface area (Å²) in [5.74, 6) is 1.29. The minimum Gasteiger partial charge on any atom is -0.495 e. The third-order valence-electron chi connectivity index (χ3n) is 4.74. The Hall–Kier alpha value is -2.46. The van der Waals surface area contributed by atoms with Gasteiger partial charge in [-0.2, -0.15) is 4.98 Å². The fraction of sp³-hybridized carbons (Fsp3) is 0.571. The lowest BCUT2D eigenvalue weighted by Crippen LogP contribution is -2.43. The van der Waals surface area contributed by atoms with E-state index in [9.17, 15) is 9.00 Å². The maximum Gasteiger partial charge on any atom is 0.410 e. The Balaban J connectivity index is 1.52. The Kier molecular flexibility index (Phi) is 7.32. The SMILES string of the molecule is COc1cc(-c2noc(COC3CCN(C(=O)OC(C)(C)C)CC3)n2)ccc1S(C)=O. The van der Waals surface area contributed by atoms with Gasteiger partial charge < -0.3 is 23.6 Å². The summed E-state index contributed by atoms with van der Waals surface area (Å²) in [6.45, 7) is 6.93. The quantitative estimate of drug-likeness (QED) is 0.658. The average Bonchev–Trinajstić information content (AvgIpc) is 3.20. The number of hydrogen-bond donors (Lipinski definition) is 0. The summed E-state index contributed by atoms with van der Waals surface area (Å²) in [5, 5.41) is 4.00. The summed E-state index contributed by atoms with van der Waals surface area (Å²) < 4.78 is 33.7. The van der Waals surface area contributed by atoms with Crippen LogP contribution in [0.3, 0.4) is 0 Å². The molecular weight excluding hydrogens is 422 g/mol. The molecule has 1 aromatic carbocycles. The molecule has 0 saturated carbocycles. The molecule has 1 aromatic heterocycles. The molecule has 0 aliphatic carbocycles. The highest BCUT2D eigenvalue weighted by Crippen LogP contribution is 2.28. The van der Waals surface area contributed by atoms with E-state index in [1.807, 2.05) is 20.8 Å². The predicted octanol–water partition coefficient (Wildman–Crippen LogP) is 3.40. The first-order chi connectivity index (χ1) is 14.7. The van der Waals surface area contributed by atoms with Gasteiger partial charge in [0.05, 0.1) is 28.9 Å². The number of amides is 1. The standard InChI is InChI=1S/C21H29N3O6S/c1-21(2,3)29-20(25)24-10-8-15(9-11-24)28-13-18-22-19(23-30-18)14-6-7-17(31(5)26)16(12-14)27-4/h6-7,12,15H,8-11,13H2,1-5H3. The molecule has 1 unspecified atom stereocenters. The summed E-state index contributed by atoms with van der Waals surface area (Å²) in [7, 11) is 0.368. The maximum absolute atomic E-state index is 12.1. The lowest BCUT2D eigenvalue weighted by atomic mass is 10.1. The molecule has 0 bridgehead atoms. The van der Waals surface area contributed by atoms with Crippen LogP contribution in [0.2, 0.25) is 0 Å². The molecule has 170 valence electrons. The summed E-state index contributed by atoms with van der Waals surface area (Å²) in [6.07, 6.45) is 2.74. The fourth-order valence-corrected chi connectivity index (χ4v) is 3.88. The van der Waals surface area contributed by atoms with Crippen molar-refractivity contribution < 1.29 is 27.7 Å². The van der Waals surface area contributed by atoms with E-state index in [2.05, 4.69) is 10.1 Å². The zero-order valence-corrected chi connectivity index (χ0v) is 19.4. The van der Waals surface area contributed by atoms with Gasteiger partial charge in [-0.1, -0.05) is 5.16 Å². The first kappa shape index (κ1) is 23.2. The van der Waals surface area contributed by atoms with Crippen LogP contribution in [0.15, 0.2) is 27.6 Å². The average molecular weight is 452 g/mol. The molecule has 1 amide bonds. The number of methoxy groups -OCH3 is 1. The Morgan fingerprint density at radius 2 is 2.00 bits per heavy atom. The van der Waals surface area contributed by atoms with Gasteiger partial charge in [0, 0.05) is 24.9 Å². The van der Waals surface area contributed by atoms with Crippen LogP contribution in [0, 0.1) is 0 Å². The normalized spacial score (nSPS) is 16.2. The summed E-state index contributed by atoms with van der Waals surface area (Å²) in [6, 6.07) is 5.25. The number of likely N-dealkylation sites (tertiary alicyclic amines) is 1. The molecule has 1 atom stereocenters.